The number of fused-ring (bicyclic) bond motifs is 1. The molecule has 1 nitrogen and oxygen atoms in total. The Bertz CT molecular complexity index is 503. The van der Waals surface area contributed by atoms with E-state index < -0.39 is 5.51 Å². The van der Waals surface area contributed by atoms with E-state index in [4.69, 9.17) is 0 Å². The number of thiophene rings is 1. The van der Waals surface area contributed by atoms with Gasteiger partial charge in [-0.1, -0.05) is 18.2 Å². The maximum Gasteiger partial charge on any atom is 0.441 e. The standard InChI is InChI=1S/C13H14F3NS2/c1-9(17-6-7-18-13(14,15)16)12-8-10-4-2-3-5-11(10)19-12/h2-5,8-9,17H,6-7H2,1H3. The van der Waals surface area contributed by atoms with Gasteiger partial charge >= 0.3 is 5.51 Å². The number of halogens is 3. The summed E-state index contributed by atoms with van der Waals surface area (Å²) in [5, 5.41) is 4.30. The Labute approximate surface area is 118 Å². The van der Waals surface area contributed by atoms with Crippen LogP contribution in [0.4, 0.5) is 13.2 Å². The van der Waals surface area contributed by atoms with Crippen LogP contribution in [0.15, 0.2) is 30.3 Å². The molecule has 0 bridgehead atoms. The van der Waals surface area contributed by atoms with E-state index in [0.29, 0.717) is 6.54 Å². The van der Waals surface area contributed by atoms with Crippen molar-refractivity contribution < 1.29 is 13.2 Å². The first-order chi connectivity index (χ1) is 8.96. The Kier molecular flexibility index (Phi) is 4.76. The molecule has 104 valence electrons. The van der Waals surface area contributed by atoms with Crippen LogP contribution >= 0.6 is 23.1 Å². The highest BCUT2D eigenvalue weighted by molar-refractivity contribution is 8.00. The number of thioether (sulfide) groups is 1. The summed E-state index contributed by atoms with van der Waals surface area (Å²) in [7, 11) is 0. The Hall–Kier alpha value is -0.720. The van der Waals surface area contributed by atoms with Gasteiger partial charge < -0.3 is 5.32 Å². The van der Waals surface area contributed by atoms with E-state index in [1.54, 1.807) is 11.3 Å². The van der Waals surface area contributed by atoms with Crippen molar-refractivity contribution in [2.45, 2.75) is 18.5 Å². The van der Waals surface area contributed by atoms with Gasteiger partial charge in [-0.2, -0.15) is 13.2 Å². The number of hydrogen-bond acceptors (Lipinski definition) is 3. The molecule has 1 N–H and O–H groups in total. The van der Waals surface area contributed by atoms with E-state index >= 15 is 0 Å². The monoisotopic (exact) mass is 305 g/mol. The van der Waals surface area contributed by atoms with Crippen LogP contribution in [0.5, 0.6) is 0 Å². The Morgan fingerprint density at radius 2 is 2.05 bits per heavy atom. The van der Waals surface area contributed by atoms with E-state index in [1.807, 2.05) is 25.1 Å². The van der Waals surface area contributed by atoms with Crippen LogP contribution in [0.1, 0.15) is 17.8 Å². The molecule has 0 radical (unpaired) electrons. The lowest BCUT2D eigenvalue weighted by atomic mass is 10.2. The molecule has 1 heterocycles. The van der Waals surface area contributed by atoms with E-state index in [0.717, 1.165) is 4.88 Å². The molecular formula is C13H14F3NS2. The van der Waals surface area contributed by atoms with Gasteiger partial charge in [-0.3, -0.25) is 0 Å². The van der Waals surface area contributed by atoms with Crippen molar-refractivity contribution in [3.63, 3.8) is 0 Å². The molecule has 1 atom stereocenters. The van der Waals surface area contributed by atoms with Crippen LogP contribution in [0, 0.1) is 0 Å². The van der Waals surface area contributed by atoms with Crippen molar-refractivity contribution in [2.24, 2.45) is 0 Å². The van der Waals surface area contributed by atoms with Gasteiger partial charge in [-0.15, -0.1) is 11.3 Å². The first-order valence-electron chi connectivity index (χ1n) is 5.88. The molecule has 1 unspecified atom stereocenters. The third-order valence-corrected chi connectivity index (χ3v) is 4.72. The summed E-state index contributed by atoms with van der Waals surface area (Å²) < 4.78 is 37.1. The molecule has 1 aromatic heterocycles. The summed E-state index contributed by atoms with van der Waals surface area (Å²) in [5.74, 6) is 0.0404. The normalized spacial score (nSPS) is 13.9. The number of nitrogens with one attached hydrogen (secondary N) is 1. The molecule has 2 rings (SSSR count). The zero-order valence-corrected chi connectivity index (χ0v) is 12.0. The first kappa shape index (κ1) is 14.7. The lowest BCUT2D eigenvalue weighted by Crippen LogP contribution is -2.21. The zero-order valence-electron chi connectivity index (χ0n) is 10.3. The molecule has 19 heavy (non-hydrogen) atoms. The lowest BCUT2D eigenvalue weighted by Gasteiger charge is -2.12. The van der Waals surface area contributed by atoms with Crippen molar-refractivity contribution >= 4 is 33.2 Å². The second-order valence-corrected chi connectivity index (χ2v) is 6.43. The number of alkyl halides is 3. The summed E-state index contributed by atoms with van der Waals surface area (Å²) in [6, 6.07) is 10.2. The van der Waals surface area contributed by atoms with Gasteiger partial charge in [0.25, 0.3) is 0 Å². The van der Waals surface area contributed by atoms with Crippen LogP contribution < -0.4 is 5.32 Å². The average molecular weight is 305 g/mol. The highest BCUT2D eigenvalue weighted by Crippen LogP contribution is 2.31. The van der Waals surface area contributed by atoms with Gasteiger partial charge in [0, 0.05) is 27.9 Å². The van der Waals surface area contributed by atoms with E-state index in [2.05, 4.69) is 17.4 Å². The van der Waals surface area contributed by atoms with Gasteiger partial charge in [0.15, 0.2) is 0 Å². The molecule has 0 amide bonds. The minimum absolute atomic E-state index is 0.0167. The predicted molar refractivity (Wildman–Crippen MR) is 76.8 cm³/mol. The molecule has 0 fully saturated rings. The summed E-state index contributed by atoms with van der Waals surface area (Å²) in [5.41, 5.74) is -4.14. The third-order valence-electron chi connectivity index (χ3n) is 2.69. The Balaban J connectivity index is 1.87. The average Bonchev–Trinajstić information content (AvgIpc) is 2.77. The fourth-order valence-electron chi connectivity index (χ4n) is 1.76. The van der Waals surface area contributed by atoms with E-state index in [-0.39, 0.29) is 23.6 Å². The SMILES string of the molecule is CC(NCCSC(F)(F)F)c1cc2ccccc2s1. The number of rotatable bonds is 5. The maximum atomic E-state index is 12.0. The summed E-state index contributed by atoms with van der Waals surface area (Å²) >= 11 is 1.69. The second kappa shape index (κ2) is 6.15. The number of hydrogen-bond donors (Lipinski definition) is 1. The van der Waals surface area contributed by atoms with Gasteiger partial charge in [0.1, 0.15) is 0 Å². The maximum absolute atomic E-state index is 12.0. The number of benzene rings is 1. The topological polar surface area (TPSA) is 12.0 Å². The molecule has 1 aromatic carbocycles. The predicted octanol–water partition coefficient (Wildman–Crippen LogP) is 4.80. The van der Waals surface area contributed by atoms with Gasteiger partial charge in [0.05, 0.1) is 0 Å². The van der Waals surface area contributed by atoms with Crippen molar-refractivity contribution in [3.8, 4) is 0 Å². The highest BCUT2D eigenvalue weighted by Gasteiger charge is 2.27. The summed E-state index contributed by atoms with van der Waals surface area (Å²) in [6.07, 6.45) is 0. The van der Waals surface area contributed by atoms with Crippen LogP contribution in [-0.2, 0) is 0 Å². The van der Waals surface area contributed by atoms with Gasteiger partial charge in [-0.05, 0) is 36.2 Å². The first-order valence-corrected chi connectivity index (χ1v) is 7.68. The Morgan fingerprint density at radius 3 is 2.74 bits per heavy atom. The lowest BCUT2D eigenvalue weighted by molar-refractivity contribution is -0.0327. The van der Waals surface area contributed by atoms with Crippen molar-refractivity contribution in [3.05, 3.63) is 35.2 Å². The molecule has 0 spiro atoms. The molecule has 0 aliphatic heterocycles. The fraction of sp³-hybridized carbons (Fsp3) is 0.385. The molecule has 2 aromatic rings. The zero-order chi connectivity index (χ0) is 13.9. The Morgan fingerprint density at radius 1 is 1.32 bits per heavy atom. The van der Waals surface area contributed by atoms with Crippen molar-refractivity contribution in [1.82, 2.24) is 5.32 Å². The smallest absolute Gasteiger partial charge is 0.309 e. The van der Waals surface area contributed by atoms with Gasteiger partial charge in [-0.25, -0.2) is 0 Å². The molecule has 0 aliphatic carbocycles. The van der Waals surface area contributed by atoms with Crippen LogP contribution in [0.2, 0.25) is 0 Å². The van der Waals surface area contributed by atoms with Crippen LogP contribution in [-0.4, -0.2) is 17.8 Å². The van der Waals surface area contributed by atoms with Gasteiger partial charge in [0.2, 0.25) is 0 Å². The third kappa shape index (κ3) is 4.40. The van der Waals surface area contributed by atoms with Crippen molar-refractivity contribution in [2.75, 3.05) is 12.3 Å². The highest BCUT2D eigenvalue weighted by atomic mass is 32.2. The largest absolute Gasteiger partial charge is 0.441 e. The van der Waals surface area contributed by atoms with Crippen LogP contribution in [0.3, 0.4) is 0 Å². The fourth-order valence-corrected chi connectivity index (χ4v) is 3.30. The van der Waals surface area contributed by atoms with Crippen LogP contribution in [0.25, 0.3) is 10.1 Å². The minimum Gasteiger partial charge on any atom is -0.309 e. The summed E-state index contributed by atoms with van der Waals surface area (Å²) in [4.78, 5) is 1.15. The molecule has 6 heteroatoms. The summed E-state index contributed by atoms with van der Waals surface area (Å²) in [6.45, 7) is 2.32. The second-order valence-electron chi connectivity index (χ2n) is 4.16. The quantitative estimate of drug-likeness (QED) is 0.796. The van der Waals surface area contributed by atoms with E-state index in [9.17, 15) is 13.2 Å². The van der Waals surface area contributed by atoms with E-state index in [1.165, 1.54) is 10.1 Å². The molecule has 0 saturated heterocycles. The minimum atomic E-state index is -4.14. The molecule has 0 saturated carbocycles. The molecule has 0 aliphatic rings. The molecular weight excluding hydrogens is 291 g/mol. The van der Waals surface area contributed by atoms with Crippen molar-refractivity contribution in [1.29, 1.82) is 0 Å².